The van der Waals surface area contributed by atoms with E-state index in [0.717, 1.165) is 5.56 Å². The van der Waals surface area contributed by atoms with Crippen LogP contribution in [0.5, 0.6) is 0 Å². The first kappa shape index (κ1) is 35.3. The first-order valence-corrected chi connectivity index (χ1v) is 14.4. The van der Waals surface area contributed by atoms with Crippen LogP contribution in [0.1, 0.15) is 40.2 Å². The fourth-order valence-corrected chi connectivity index (χ4v) is 4.33. The summed E-state index contributed by atoms with van der Waals surface area (Å²) in [5.74, 6) is -1.16. The van der Waals surface area contributed by atoms with Crippen LogP contribution in [0, 0.1) is 0 Å². The molecule has 236 valence electrons. The van der Waals surface area contributed by atoms with E-state index >= 15 is 0 Å². The third-order valence-electron chi connectivity index (χ3n) is 6.30. The van der Waals surface area contributed by atoms with Gasteiger partial charge in [0, 0.05) is 30.0 Å². The predicted octanol–water partition coefficient (Wildman–Crippen LogP) is 4.26. The van der Waals surface area contributed by atoms with Gasteiger partial charge in [-0.2, -0.15) is 0 Å². The average molecular weight is 621 g/mol. The van der Waals surface area contributed by atoms with Crippen LogP contribution < -0.4 is 15.5 Å². The fraction of sp³-hybridized carbons (Fsp3) is 0.467. The molecule has 0 spiro atoms. The Morgan fingerprint density at radius 1 is 0.907 bits per heavy atom. The summed E-state index contributed by atoms with van der Waals surface area (Å²) < 4.78 is 16.6. The summed E-state index contributed by atoms with van der Waals surface area (Å²) in [5.41, 5.74) is 1.03. The Balaban J connectivity index is 2.40. The largest absolute Gasteiger partial charge is 0.465 e. The number of nitrogens with one attached hydrogen (secondary N) is 2. The first-order valence-electron chi connectivity index (χ1n) is 14.0. The number of hydrogen-bond donors (Lipinski definition) is 3. The van der Waals surface area contributed by atoms with Crippen LogP contribution in [0.3, 0.4) is 0 Å². The van der Waals surface area contributed by atoms with Crippen molar-refractivity contribution in [2.24, 2.45) is 0 Å². The van der Waals surface area contributed by atoms with Gasteiger partial charge in [0.1, 0.15) is 18.7 Å². The van der Waals surface area contributed by atoms with E-state index in [9.17, 15) is 24.3 Å². The Morgan fingerprint density at radius 3 is 2.05 bits per heavy atom. The van der Waals surface area contributed by atoms with Gasteiger partial charge in [0.15, 0.2) is 6.29 Å². The molecule has 2 unspecified atom stereocenters. The lowest BCUT2D eigenvalue weighted by Crippen LogP contribution is -2.59. The summed E-state index contributed by atoms with van der Waals surface area (Å²) in [7, 11) is 0. The number of nitrogens with zero attached hydrogens (tertiary/aromatic N) is 2. The molecule has 4 amide bonds. The molecule has 2 aromatic rings. The third-order valence-corrected chi connectivity index (χ3v) is 6.56. The molecule has 2 aromatic carbocycles. The lowest BCUT2D eigenvalue weighted by Gasteiger charge is -2.37. The Hall–Kier alpha value is -3.87. The van der Waals surface area contributed by atoms with Gasteiger partial charge in [-0.05, 0) is 64.4 Å². The highest BCUT2D eigenvalue weighted by Crippen LogP contribution is 2.23. The highest BCUT2D eigenvalue weighted by Gasteiger charge is 2.37. The van der Waals surface area contributed by atoms with Gasteiger partial charge < -0.3 is 34.9 Å². The second-order valence-corrected chi connectivity index (χ2v) is 10.2. The van der Waals surface area contributed by atoms with E-state index in [4.69, 9.17) is 25.8 Å². The molecule has 13 heteroatoms. The Kier molecular flexibility index (Phi) is 14.7. The molecule has 0 saturated heterocycles. The van der Waals surface area contributed by atoms with Crippen LogP contribution in [-0.4, -0.2) is 84.7 Å². The lowest BCUT2D eigenvalue weighted by atomic mass is 10.1. The predicted molar refractivity (Wildman–Crippen MR) is 162 cm³/mol. The molecule has 0 aromatic heterocycles. The number of rotatable bonds is 16. The average Bonchev–Trinajstić information content (AvgIpc) is 2.98. The number of halogens is 1. The zero-order chi connectivity index (χ0) is 31.9. The number of benzene rings is 2. The van der Waals surface area contributed by atoms with Crippen LogP contribution in [0.2, 0.25) is 5.02 Å². The molecule has 0 aliphatic carbocycles. The number of alkyl carbamates (subject to hydrolysis) is 1. The molecule has 12 nitrogen and oxygen atoms in total. The minimum atomic E-state index is -1.42. The molecule has 0 radical (unpaired) electrons. The summed E-state index contributed by atoms with van der Waals surface area (Å²) in [4.78, 5) is 54.9. The second kappa shape index (κ2) is 17.9. The normalized spacial score (nSPS) is 12.4. The highest BCUT2D eigenvalue weighted by atomic mass is 35.5. The minimum absolute atomic E-state index is 0.0695. The number of ether oxygens (including phenoxy) is 3. The summed E-state index contributed by atoms with van der Waals surface area (Å²) in [6.07, 6.45) is -3.02. The first-order chi connectivity index (χ1) is 20.5. The quantitative estimate of drug-likeness (QED) is 0.236. The van der Waals surface area contributed by atoms with Crippen molar-refractivity contribution in [1.82, 2.24) is 15.5 Å². The van der Waals surface area contributed by atoms with E-state index in [1.807, 2.05) is 33.8 Å². The van der Waals surface area contributed by atoms with E-state index in [1.165, 1.54) is 4.90 Å². The number of hydrogen-bond acceptors (Lipinski definition) is 7. The van der Waals surface area contributed by atoms with Crippen LogP contribution in [0.15, 0.2) is 54.6 Å². The molecular weight excluding hydrogens is 580 g/mol. The maximum absolute atomic E-state index is 14.1. The standard InChI is InChI=1S/C30H41ClN4O8/c1-6-41-26(42-7-2)18-34(20(3)4)27(36)21(5)35(24-15-13-23(31)14-16-24)28(37)25(17-32-29(38)39)33-30(40)43-19-22-11-9-8-10-12-22/h8-16,20-21,25-26,32H,6-7,17-19H2,1-5H3,(H,33,40)(H,38,39). The molecule has 0 heterocycles. The zero-order valence-corrected chi connectivity index (χ0v) is 25.9. The van der Waals surface area contributed by atoms with Gasteiger partial charge in [-0.25, -0.2) is 9.59 Å². The van der Waals surface area contributed by atoms with Gasteiger partial charge in [-0.3, -0.25) is 14.5 Å². The number of amides is 4. The molecule has 2 atom stereocenters. The number of carboxylic acid groups (broad SMARTS) is 1. The summed E-state index contributed by atoms with van der Waals surface area (Å²) in [6.45, 7) is 9.16. The van der Waals surface area contributed by atoms with Gasteiger partial charge in [0.2, 0.25) is 5.91 Å². The van der Waals surface area contributed by atoms with Crippen molar-refractivity contribution >= 4 is 41.3 Å². The molecule has 3 N–H and O–H groups in total. The molecule has 0 fully saturated rings. The van der Waals surface area contributed by atoms with Crippen molar-refractivity contribution in [3.8, 4) is 0 Å². The van der Waals surface area contributed by atoms with Gasteiger partial charge in [-0.15, -0.1) is 0 Å². The maximum atomic E-state index is 14.1. The monoisotopic (exact) mass is 620 g/mol. The molecule has 0 saturated carbocycles. The van der Waals surface area contributed by atoms with Gasteiger partial charge in [-0.1, -0.05) is 41.9 Å². The van der Waals surface area contributed by atoms with Crippen molar-refractivity contribution in [2.45, 2.75) is 65.6 Å². The maximum Gasteiger partial charge on any atom is 0.408 e. The van der Waals surface area contributed by atoms with Crippen LogP contribution in [-0.2, 0) is 30.4 Å². The van der Waals surface area contributed by atoms with E-state index in [0.29, 0.717) is 23.9 Å². The highest BCUT2D eigenvalue weighted by molar-refractivity contribution is 6.30. The van der Waals surface area contributed by atoms with Crippen molar-refractivity contribution in [2.75, 3.05) is 31.2 Å². The van der Waals surface area contributed by atoms with Gasteiger partial charge in [0.05, 0.1) is 13.1 Å². The SMILES string of the molecule is CCOC(CN(C(=O)C(C)N(C(=O)C(CNC(=O)O)NC(=O)OCc1ccccc1)c1ccc(Cl)cc1)C(C)C)OCC. The Morgan fingerprint density at radius 2 is 1.51 bits per heavy atom. The molecule has 2 rings (SSSR count). The van der Waals surface area contributed by atoms with E-state index in [2.05, 4.69) is 10.6 Å². The second-order valence-electron chi connectivity index (χ2n) is 9.73. The van der Waals surface area contributed by atoms with E-state index in [-0.39, 0.29) is 19.2 Å². The van der Waals surface area contributed by atoms with Gasteiger partial charge in [0.25, 0.3) is 5.91 Å². The van der Waals surface area contributed by atoms with Crippen molar-refractivity contribution in [3.63, 3.8) is 0 Å². The smallest absolute Gasteiger partial charge is 0.408 e. The molecule has 0 aliphatic heterocycles. The summed E-state index contributed by atoms with van der Waals surface area (Å²) >= 11 is 6.09. The molecule has 43 heavy (non-hydrogen) atoms. The lowest BCUT2D eigenvalue weighted by molar-refractivity contribution is -0.162. The molecule has 0 aliphatic rings. The van der Waals surface area contributed by atoms with Crippen LogP contribution in [0.25, 0.3) is 0 Å². The van der Waals surface area contributed by atoms with Crippen LogP contribution in [0.4, 0.5) is 15.3 Å². The van der Waals surface area contributed by atoms with Gasteiger partial charge >= 0.3 is 12.2 Å². The zero-order valence-electron chi connectivity index (χ0n) is 25.1. The summed E-state index contributed by atoms with van der Waals surface area (Å²) in [5, 5.41) is 14.2. The molecular formula is C30H41ClN4O8. The van der Waals surface area contributed by atoms with Crippen molar-refractivity contribution in [3.05, 3.63) is 65.2 Å². The summed E-state index contributed by atoms with van der Waals surface area (Å²) in [6, 6.07) is 12.4. The number of carbonyl (C=O) groups excluding carboxylic acids is 3. The van der Waals surface area contributed by atoms with Crippen molar-refractivity contribution in [1.29, 1.82) is 0 Å². The van der Waals surface area contributed by atoms with Crippen molar-refractivity contribution < 1.29 is 38.5 Å². The van der Waals surface area contributed by atoms with E-state index in [1.54, 1.807) is 60.4 Å². The van der Waals surface area contributed by atoms with E-state index < -0.39 is 48.9 Å². The topological polar surface area (TPSA) is 147 Å². The third kappa shape index (κ3) is 11.4. The Labute approximate surface area is 257 Å². The molecule has 0 bridgehead atoms. The Bertz CT molecular complexity index is 1180. The minimum Gasteiger partial charge on any atom is -0.465 e. The number of carbonyl (C=O) groups is 4. The number of anilines is 1. The fourth-order valence-electron chi connectivity index (χ4n) is 4.20. The van der Waals surface area contributed by atoms with Crippen LogP contribution >= 0.6 is 11.6 Å².